The largest absolute Gasteiger partial charge is 0.573 e. The van der Waals surface area contributed by atoms with Crippen LogP contribution in [0.5, 0.6) is 28.7 Å². The van der Waals surface area contributed by atoms with Crippen molar-refractivity contribution < 1.29 is 50.8 Å². The first-order valence-electron chi connectivity index (χ1n) is 12.2. The van der Waals surface area contributed by atoms with Crippen LogP contribution in [0.15, 0.2) is 60.7 Å². The number of methoxy groups -OCH3 is 1. The summed E-state index contributed by atoms with van der Waals surface area (Å²) in [6.07, 6.45) is -6.11. The van der Waals surface area contributed by atoms with Crippen LogP contribution in [0.4, 0.5) is 22.4 Å². The Hall–Kier alpha value is -4.74. The van der Waals surface area contributed by atoms with E-state index in [1.807, 2.05) is 0 Å². The predicted octanol–water partition coefficient (Wildman–Crippen LogP) is 7.95. The van der Waals surface area contributed by atoms with Crippen molar-refractivity contribution in [2.75, 3.05) is 13.9 Å². The molecule has 0 saturated heterocycles. The predicted molar refractivity (Wildman–Crippen MR) is 140 cm³/mol. The second-order valence-corrected chi connectivity index (χ2v) is 8.87. The second-order valence-electron chi connectivity index (χ2n) is 8.87. The van der Waals surface area contributed by atoms with Gasteiger partial charge in [-0.25, -0.2) is 9.18 Å². The number of halogens is 4. The highest BCUT2D eigenvalue weighted by Gasteiger charge is 2.31. The lowest BCUT2D eigenvalue weighted by Crippen LogP contribution is -2.16. The maximum atomic E-state index is 14.7. The molecule has 0 amide bonds. The number of aromatic nitrogens is 1. The van der Waals surface area contributed by atoms with E-state index in [2.05, 4.69) is 9.72 Å². The van der Waals surface area contributed by atoms with E-state index in [0.29, 0.717) is 33.5 Å². The zero-order valence-corrected chi connectivity index (χ0v) is 22.4. The number of hydrogen-bond acceptors (Lipinski definition) is 8. The Labute approximate surface area is 232 Å². The van der Waals surface area contributed by atoms with Gasteiger partial charge in [0, 0.05) is 22.7 Å². The number of benzene rings is 3. The normalized spacial score (nSPS) is 11.3. The van der Waals surface area contributed by atoms with Crippen LogP contribution in [-0.4, -0.2) is 37.5 Å². The van der Waals surface area contributed by atoms with Gasteiger partial charge in [-0.1, -0.05) is 12.1 Å². The zero-order chi connectivity index (χ0) is 29.7. The van der Waals surface area contributed by atoms with Crippen molar-refractivity contribution in [1.29, 1.82) is 0 Å². The molecular formula is C29H25F4NO7. The van der Waals surface area contributed by atoms with Gasteiger partial charge in [0.25, 0.3) is 0 Å². The number of ether oxygens (including phenoxy) is 6. The molecule has 0 spiro atoms. The lowest BCUT2D eigenvalue weighted by molar-refractivity contribution is -0.274. The highest BCUT2D eigenvalue weighted by Crippen LogP contribution is 2.41. The summed E-state index contributed by atoms with van der Waals surface area (Å²) in [5.74, 6) is -0.128. The van der Waals surface area contributed by atoms with Gasteiger partial charge in [-0.15, -0.1) is 13.2 Å². The molecule has 12 heteroatoms. The second kappa shape index (κ2) is 12.2. The number of carbonyl (C=O) groups excluding carboxylic acids is 1. The molecule has 4 rings (SSSR count). The van der Waals surface area contributed by atoms with E-state index in [-0.39, 0.29) is 23.0 Å². The molecule has 1 heterocycles. The molecule has 1 aromatic heterocycles. The lowest BCUT2D eigenvalue weighted by Gasteiger charge is -2.18. The third kappa shape index (κ3) is 7.47. The molecule has 8 nitrogen and oxygen atoms in total. The van der Waals surface area contributed by atoms with E-state index in [4.69, 9.17) is 23.7 Å². The summed E-state index contributed by atoms with van der Waals surface area (Å²) in [7, 11) is 1.34. The minimum atomic E-state index is -4.79. The number of fused-ring (bicyclic) bond motifs is 1. The molecule has 216 valence electrons. The maximum Gasteiger partial charge on any atom is 0.573 e. The lowest BCUT2D eigenvalue weighted by atomic mass is 10.00. The first kappa shape index (κ1) is 29.2. The molecule has 0 unspecified atom stereocenters. The Morgan fingerprint density at radius 1 is 0.951 bits per heavy atom. The van der Waals surface area contributed by atoms with Crippen LogP contribution in [0.3, 0.4) is 0 Å². The number of pyridine rings is 1. The van der Waals surface area contributed by atoms with Crippen molar-refractivity contribution >= 4 is 17.1 Å². The van der Waals surface area contributed by atoms with Crippen LogP contribution in [0.25, 0.3) is 22.0 Å². The third-order valence-electron chi connectivity index (χ3n) is 5.54. The fourth-order valence-corrected chi connectivity index (χ4v) is 3.90. The van der Waals surface area contributed by atoms with E-state index in [1.54, 1.807) is 45.0 Å². The van der Waals surface area contributed by atoms with Crippen LogP contribution in [-0.2, 0) is 9.47 Å². The van der Waals surface area contributed by atoms with Crippen molar-refractivity contribution in [3.05, 3.63) is 72.2 Å². The van der Waals surface area contributed by atoms with Gasteiger partial charge in [0.15, 0.2) is 11.6 Å². The Morgan fingerprint density at radius 2 is 1.56 bits per heavy atom. The fourth-order valence-electron chi connectivity index (χ4n) is 3.90. The molecule has 0 fully saturated rings. The summed E-state index contributed by atoms with van der Waals surface area (Å²) in [5.41, 5.74) is 2.04. The Bertz CT molecular complexity index is 1520. The Kier molecular flexibility index (Phi) is 8.70. The van der Waals surface area contributed by atoms with E-state index in [9.17, 15) is 22.4 Å². The number of carbonyl (C=O) groups is 1. The molecule has 0 atom stereocenters. The van der Waals surface area contributed by atoms with Crippen LogP contribution >= 0.6 is 0 Å². The van der Waals surface area contributed by atoms with E-state index >= 15 is 0 Å². The van der Waals surface area contributed by atoms with Gasteiger partial charge in [-0.3, -0.25) is 4.98 Å². The molecular weight excluding hydrogens is 550 g/mol. The number of alkyl halides is 3. The fraction of sp³-hybridized carbons (Fsp3) is 0.241. The summed E-state index contributed by atoms with van der Waals surface area (Å²) in [5, 5.41) is 0.311. The summed E-state index contributed by atoms with van der Waals surface area (Å²) in [6.45, 7) is 4.56. The van der Waals surface area contributed by atoms with Gasteiger partial charge >= 0.3 is 12.5 Å². The highest BCUT2D eigenvalue weighted by atomic mass is 19.4. The van der Waals surface area contributed by atoms with Gasteiger partial charge in [0.1, 0.15) is 23.0 Å². The van der Waals surface area contributed by atoms with Gasteiger partial charge < -0.3 is 28.4 Å². The molecule has 4 aromatic rings. The molecule has 0 saturated carbocycles. The van der Waals surface area contributed by atoms with Crippen molar-refractivity contribution in [3.8, 4) is 39.9 Å². The molecule has 0 radical (unpaired) electrons. The maximum absolute atomic E-state index is 14.7. The van der Waals surface area contributed by atoms with E-state index in [0.717, 1.165) is 12.1 Å². The average Bonchev–Trinajstić information content (AvgIpc) is 2.89. The van der Waals surface area contributed by atoms with E-state index in [1.165, 1.54) is 31.4 Å². The van der Waals surface area contributed by atoms with Crippen LogP contribution in [0.1, 0.15) is 19.5 Å². The number of nitrogens with zero attached hydrogens (tertiary/aromatic N) is 1. The topological polar surface area (TPSA) is 85.3 Å². The molecule has 0 bridgehead atoms. The Morgan fingerprint density at radius 3 is 2.15 bits per heavy atom. The minimum Gasteiger partial charge on any atom is -0.494 e. The third-order valence-corrected chi connectivity index (χ3v) is 5.54. The molecule has 0 aliphatic rings. The zero-order valence-electron chi connectivity index (χ0n) is 22.4. The van der Waals surface area contributed by atoms with Crippen molar-refractivity contribution in [2.45, 2.75) is 33.2 Å². The smallest absolute Gasteiger partial charge is 0.494 e. The van der Waals surface area contributed by atoms with Crippen LogP contribution in [0.2, 0.25) is 0 Å². The molecule has 0 aliphatic heterocycles. The van der Waals surface area contributed by atoms with Crippen LogP contribution < -0.4 is 18.9 Å². The quantitative estimate of drug-likeness (QED) is 0.113. The monoisotopic (exact) mass is 575 g/mol. The number of hydrogen-bond donors (Lipinski definition) is 0. The molecule has 0 N–H and O–H groups in total. The first-order chi connectivity index (χ1) is 19.4. The van der Waals surface area contributed by atoms with Crippen molar-refractivity contribution in [2.24, 2.45) is 0 Å². The standard InChI is InChI=1S/C29H25F4NO7/c1-16(2)39-28(35)38-15-37-27-22-13-23(30)25(36-4)14-24(22)34-17(3)26(27)18-5-7-19(8-6-18)40-20-9-11-21(12-10-20)41-29(31,32)33/h5-14,16H,15H2,1-4H3. The Balaban J connectivity index is 1.63. The SMILES string of the molecule is COc1cc2nc(C)c(-c3ccc(Oc4ccc(OC(F)(F)F)cc4)cc3)c(OCOC(=O)OC(C)C)c2cc1F. The first-order valence-corrected chi connectivity index (χ1v) is 12.2. The summed E-state index contributed by atoms with van der Waals surface area (Å²) < 4.78 is 82.4. The van der Waals surface area contributed by atoms with Gasteiger partial charge in [0.05, 0.1) is 18.7 Å². The van der Waals surface area contributed by atoms with Crippen molar-refractivity contribution in [1.82, 2.24) is 4.98 Å². The highest BCUT2D eigenvalue weighted by molar-refractivity contribution is 5.94. The van der Waals surface area contributed by atoms with Crippen LogP contribution in [0, 0.1) is 12.7 Å². The summed E-state index contributed by atoms with van der Waals surface area (Å²) in [4.78, 5) is 16.4. The number of rotatable bonds is 9. The molecule has 0 aliphatic carbocycles. The van der Waals surface area contributed by atoms with Gasteiger partial charge in [-0.2, -0.15) is 0 Å². The average molecular weight is 576 g/mol. The minimum absolute atomic E-state index is 0.000589. The number of aryl methyl sites for hydroxylation is 1. The van der Waals surface area contributed by atoms with E-state index < -0.39 is 31.2 Å². The molecule has 41 heavy (non-hydrogen) atoms. The summed E-state index contributed by atoms with van der Waals surface area (Å²) in [6, 6.07) is 14.3. The van der Waals surface area contributed by atoms with Gasteiger partial charge in [-0.05, 0) is 68.8 Å². The van der Waals surface area contributed by atoms with Crippen molar-refractivity contribution in [3.63, 3.8) is 0 Å². The summed E-state index contributed by atoms with van der Waals surface area (Å²) >= 11 is 0. The van der Waals surface area contributed by atoms with Gasteiger partial charge in [0.2, 0.25) is 6.79 Å². The molecule has 3 aromatic carbocycles.